The van der Waals surface area contributed by atoms with E-state index in [9.17, 15) is 0 Å². The molecular weight excluding hydrogens is 314 g/mol. The summed E-state index contributed by atoms with van der Waals surface area (Å²) < 4.78 is 10.6. The molecule has 0 unspecified atom stereocenters. The van der Waals surface area contributed by atoms with Crippen molar-refractivity contribution in [2.75, 3.05) is 32.9 Å². The third kappa shape index (κ3) is 7.32. The van der Waals surface area contributed by atoms with E-state index in [1.165, 1.54) is 4.88 Å². The molecule has 0 bridgehead atoms. The molecule has 0 radical (unpaired) electrons. The molecule has 3 N–H and O–H groups in total. The van der Waals surface area contributed by atoms with Crippen LogP contribution >= 0.6 is 11.3 Å². The number of aliphatic imine (C=N–C) groups is 1. The summed E-state index contributed by atoms with van der Waals surface area (Å²) in [5, 5.41) is 17.2. The zero-order valence-corrected chi connectivity index (χ0v) is 13.8. The Balaban J connectivity index is 1.76. The number of ether oxygens (including phenoxy) is 1. The van der Waals surface area contributed by atoms with Crippen LogP contribution in [0.25, 0.3) is 0 Å². The number of nitrogens with one attached hydrogen (secondary N) is 2. The maximum atomic E-state index is 8.68. The molecular formula is C16H23N3O3S. The summed E-state index contributed by atoms with van der Waals surface area (Å²) in [6.07, 6.45) is 2.48. The van der Waals surface area contributed by atoms with Crippen LogP contribution in [0.3, 0.4) is 0 Å². The highest BCUT2D eigenvalue weighted by molar-refractivity contribution is 7.09. The molecule has 0 aliphatic heterocycles. The molecule has 6 nitrogen and oxygen atoms in total. The lowest BCUT2D eigenvalue weighted by Gasteiger charge is -2.12. The molecule has 0 aromatic carbocycles. The van der Waals surface area contributed by atoms with Crippen molar-refractivity contribution < 1.29 is 14.3 Å². The van der Waals surface area contributed by atoms with E-state index < -0.39 is 0 Å². The molecule has 0 amide bonds. The fraction of sp³-hybridized carbons (Fsp3) is 0.438. The van der Waals surface area contributed by atoms with Crippen LogP contribution in [0.5, 0.6) is 0 Å². The Kier molecular flexibility index (Phi) is 8.25. The van der Waals surface area contributed by atoms with Crippen molar-refractivity contribution in [3.63, 3.8) is 0 Å². The second-order valence-corrected chi connectivity index (χ2v) is 5.80. The molecule has 0 aliphatic carbocycles. The third-order valence-corrected chi connectivity index (χ3v) is 3.85. The number of aliphatic hydroxyl groups excluding tert-OH is 1. The van der Waals surface area contributed by atoms with Crippen LogP contribution in [0.2, 0.25) is 0 Å². The zero-order valence-electron chi connectivity index (χ0n) is 13.0. The van der Waals surface area contributed by atoms with Crippen molar-refractivity contribution in [2.24, 2.45) is 4.99 Å². The van der Waals surface area contributed by atoms with Crippen LogP contribution in [-0.4, -0.2) is 44.0 Å². The van der Waals surface area contributed by atoms with E-state index >= 15 is 0 Å². The number of rotatable bonds is 10. The van der Waals surface area contributed by atoms with Gasteiger partial charge >= 0.3 is 0 Å². The second kappa shape index (κ2) is 10.8. The lowest BCUT2D eigenvalue weighted by atomic mass is 10.3. The Bertz CT molecular complexity index is 541. The normalized spacial score (nSPS) is 11.6. The number of guanidine groups is 1. The summed E-state index contributed by atoms with van der Waals surface area (Å²) in [6, 6.07) is 7.94. The van der Waals surface area contributed by atoms with Crippen LogP contribution < -0.4 is 10.6 Å². The average Bonchev–Trinajstić information content (AvgIpc) is 3.25. The minimum Gasteiger partial charge on any atom is -0.469 e. The van der Waals surface area contributed by atoms with Gasteiger partial charge in [-0.1, -0.05) is 6.07 Å². The quantitative estimate of drug-likeness (QED) is 0.349. The topological polar surface area (TPSA) is 79.0 Å². The van der Waals surface area contributed by atoms with E-state index in [1.807, 2.05) is 23.6 Å². The van der Waals surface area contributed by atoms with Crippen LogP contribution in [0.4, 0.5) is 0 Å². The van der Waals surface area contributed by atoms with Crippen LogP contribution in [-0.2, 0) is 17.7 Å². The van der Waals surface area contributed by atoms with Crippen molar-refractivity contribution in [3.8, 4) is 0 Å². The van der Waals surface area contributed by atoms with E-state index in [4.69, 9.17) is 14.3 Å². The third-order valence-electron chi connectivity index (χ3n) is 2.99. The first-order chi connectivity index (χ1) is 11.4. The molecule has 7 heteroatoms. The lowest BCUT2D eigenvalue weighted by molar-refractivity contribution is 0.0957. The van der Waals surface area contributed by atoms with Crippen molar-refractivity contribution in [3.05, 3.63) is 46.5 Å². The second-order valence-electron chi connectivity index (χ2n) is 4.76. The van der Waals surface area contributed by atoms with E-state index in [0.29, 0.717) is 26.3 Å². The molecule has 0 saturated carbocycles. The molecule has 126 valence electrons. The van der Waals surface area contributed by atoms with Gasteiger partial charge in [0.15, 0.2) is 5.96 Å². The van der Waals surface area contributed by atoms with Crippen LogP contribution in [0, 0.1) is 0 Å². The zero-order chi connectivity index (χ0) is 16.2. The maximum Gasteiger partial charge on any atom is 0.191 e. The molecule has 0 aliphatic rings. The van der Waals surface area contributed by atoms with Gasteiger partial charge in [-0.25, -0.2) is 4.99 Å². The molecule has 0 saturated heterocycles. The Morgan fingerprint density at radius 2 is 2.13 bits per heavy atom. The minimum absolute atomic E-state index is 0.0424. The van der Waals surface area contributed by atoms with E-state index in [1.54, 1.807) is 17.6 Å². The molecule has 0 spiro atoms. The molecule has 23 heavy (non-hydrogen) atoms. The Morgan fingerprint density at radius 1 is 1.22 bits per heavy atom. The first-order valence-corrected chi connectivity index (χ1v) is 8.52. The smallest absolute Gasteiger partial charge is 0.191 e. The van der Waals surface area contributed by atoms with Gasteiger partial charge in [0.1, 0.15) is 5.76 Å². The number of furan rings is 1. The van der Waals surface area contributed by atoms with E-state index in [-0.39, 0.29) is 6.61 Å². The molecule has 0 fully saturated rings. The Hall–Kier alpha value is -1.83. The summed E-state index contributed by atoms with van der Waals surface area (Å²) in [5.41, 5.74) is 0. The van der Waals surface area contributed by atoms with Crippen molar-refractivity contribution in [1.82, 2.24) is 10.6 Å². The van der Waals surface area contributed by atoms with Gasteiger partial charge < -0.3 is 24.9 Å². The van der Waals surface area contributed by atoms with Gasteiger partial charge in [0, 0.05) is 24.4 Å². The van der Waals surface area contributed by atoms with Gasteiger partial charge in [-0.05, 0) is 23.6 Å². The largest absolute Gasteiger partial charge is 0.469 e. The highest BCUT2D eigenvalue weighted by Gasteiger charge is 2.01. The Labute approximate surface area is 140 Å². The molecule has 0 atom stereocenters. The highest BCUT2D eigenvalue weighted by atomic mass is 32.1. The molecule has 2 aromatic rings. The van der Waals surface area contributed by atoms with Gasteiger partial charge in [0.05, 0.1) is 32.6 Å². The van der Waals surface area contributed by atoms with Crippen molar-refractivity contribution in [2.45, 2.75) is 13.0 Å². The first kappa shape index (κ1) is 17.5. The van der Waals surface area contributed by atoms with Gasteiger partial charge in [-0.2, -0.15) is 0 Å². The van der Waals surface area contributed by atoms with Crippen molar-refractivity contribution in [1.29, 1.82) is 0 Å². The minimum atomic E-state index is 0.0424. The SMILES string of the molecule is OCCOCCNC(=NCc1cccs1)NCCc1ccco1. The summed E-state index contributed by atoms with van der Waals surface area (Å²) >= 11 is 1.69. The summed E-state index contributed by atoms with van der Waals surface area (Å²) in [4.78, 5) is 5.79. The first-order valence-electron chi connectivity index (χ1n) is 7.64. The maximum absolute atomic E-state index is 8.68. The molecule has 2 rings (SSSR count). The van der Waals surface area contributed by atoms with Gasteiger partial charge in [0.2, 0.25) is 0 Å². The summed E-state index contributed by atoms with van der Waals surface area (Å²) in [6.45, 7) is 2.94. The standard InChI is InChI=1S/C16H23N3O3S/c20-8-11-21-10-7-18-16(19-13-15-4-2-12-23-15)17-6-5-14-3-1-9-22-14/h1-4,9,12,20H,5-8,10-11,13H2,(H2,17,18,19). The number of hydrogen-bond donors (Lipinski definition) is 3. The van der Waals surface area contributed by atoms with Gasteiger partial charge in [-0.15, -0.1) is 11.3 Å². The summed E-state index contributed by atoms with van der Waals surface area (Å²) in [7, 11) is 0. The molecule has 2 aromatic heterocycles. The lowest BCUT2D eigenvalue weighted by Crippen LogP contribution is -2.40. The number of nitrogens with zero attached hydrogens (tertiary/aromatic N) is 1. The van der Waals surface area contributed by atoms with E-state index in [2.05, 4.69) is 21.7 Å². The Morgan fingerprint density at radius 3 is 2.87 bits per heavy atom. The number of aliphatic hydroxyl groups is 1. The molecule has 2 heterocycles. The number of hydrogen-bond acceptors (Lipinski definition) is 5. The fourth-order valence-corrected chi connectivity index (χ4v) is 2.53. The summed E-state index contributed by atoms with van der Waals surface area (Å²) in [5.74, 6) is 1.69. The van der Waals surface area contributed by atoms with Crippen LogP contribution in [0.1, 0.15) is 10.6 Å². The van der Waals surface area contributed by atoms with Crippen molar-refractivity contribution >= 4 is 17.3 Å². The fourth-order valence-electron chi connectivity index (χ4n) is 1.90. The average molecular weight is 337 g/mol. The van der Waals surface area contributed by atoms with Crippen LogP contribution in [0.15, 0.2) is 45.3 Å². The monoisotopic (exact) mass is 337 g/mol. The predicted octanol–water partition coefficient (Wildman–Crippen LogP) is 1.63. The highest BCUT2D eigenvalue weighted by Crippen LogP contribution is 2.09. The predicted molar refractivity (Wildman–Crippen MR) is 91.8 cm³/mol. The van der Waals surface area contributed by atoms with Gasteiger partial charge in [-0.3, -0.25) is 0 Å². The van der Waals surface area contributed by atoms with Gasteiger partial charge in [0.25, 0.3) is 0 Å². The number of thiophene rings is 1. The van der Waals surface area contributed by atoms with E-state index in [0.717, 1.165) is 24.7 Å².